The Hall–Kier alpha value is -0.660. The van der Waals surface area contributed by atoms with Crippen LogP contribution >= 0.6 is 0 Å². The first-order valence-electron chi connectivity index (χ1n) is 6.35. The lowest BCUT2D eigenvalue weighted by atomic mass is 10.3. The largest absolute Gasteiger partial charge is 0.480 e. The molecule has 1 heterocycles. The molecule has 0 radical (unpaired) electrons. The van der Waals surface area contributed by atoms with Crippen LogP contribution in [0.5, 0.6) is 0 Å². The van der Waals surface area contributed by atoms with E-state index in [1.165, 1.54) is 24.1 Å². The third kappa shape index (κ3) is 3.02. The number of piperazine rings is 1. The Morgan fingerprint density at radius 3 is 2.28 bits per heavy atom. The summed E-state index contributed by atoms with van der Waals surface area (Å²) in [5.74, 6) is -0.485. The number of carboxylic acid groups (broad SMARTS) is 1. The topological polar surface area (TPSA) is 77.9 Å². The number of hydrogen-bond acceptors (Lipinski definition) is 4. The van der Waals surface area contributed by atoms with Crippen LogP contribution in [0.15, 0.2) is 0 Å². The van der Waals surface area contributed by atoms with E-state index in [9.17, 15) is 13.2 Å². The molecular weight excluding hydrogens is 256 g/mol. The zero-order valence-corrected chi connectivity index (χ0v) is 11.4. The summed E-state index contributed by atoms with van der Waals surface area (Å²) in [6, 6.07) is 0. The Balaban J connectivity index is 1.89. The molecule has 2 fully saturated rings. The monoisotopic (exact) mass is 276 g/mol. The molecule has 0 bridgehead atoms. The second kappa shape index (κ2) is 5.14. The molecule has 1 unspecified atom stereocenters. The first-order chi connectivity index (χ1) is 8.41. The maximum absolute atomic E-state index is 12.0. The van der Waals surface area contributed by atoms with Gasteiger partial charge >= 0.3 is 5.97 Å². The van der Waals surface area contributed by atoms with Crippen molar-refractivity contribution in [1.29, 1.82) is 0 Å². The molecule has 2 aliphatic rings. The SMILES string of the molecule is CC(C(=O)O)S(=O)(=O)N1CCN(CC2CC2)CC1. The van der Waals surface area contributed by atoms with Gasteiger partial charge in [0.1, 0.15) is 0 Å². The van der Waals surface area contributed by atoms with Gasteiger partial charge < -0.3 is 10.0 Å². The van der Waals surface area contributed by atoms with Gasteiger partial charge in [0.15, 0.2) is 5.25 Å². The van der Waals surface area contributed by atoms with Crippen molar-refractivity contribution in [3.63, 3.8) is 0 Å². The van der Waals surface area contributed by atoms with Gasteiger partial charge in [0.05, 0.1) is 0 Å². The van der Waals surface area contributed by atoms with Gasteiger partial charge in [0.2, 0.25) is 10.0 Å². The van der Waals surface area contributed by atoms with Crippen LogP contribution in [0.1, 0.15) is 19.8 Å². The van der Waals surface area contributed by atoms with Crippen molar-refractivity contribution in [2.45, 2.75) is 25.0 Å². The van der Waals surface area contributed by atoms with Gasteiger partial charge in [-0.15, -0.1) is 0 Å². The van der Waals surface area contributed by atoms with Crippen LogP contribution in [0.25, 0.3) is 0 Å². The van der Waals surface area contributed by atoms with E-state index in [0.717, 1.165) is 12.5 Å². The molecule has 18 heavy (non-hydrogen) atoms. The summed E-state index contributed by atoms with van der Waals surface area (Å²) < 4.78 is 25.3. The van der Waals surface area contributed by atoms with E-state index in [4.69, 9.17) is 5.11 Å². The van der Waals surface area contributed by atoms with Crippen LogP contribution in [-0.2, 0) is 14.8 Å². The van der Waals surface area contributed by atoms with Crippen LogP contribution in [0, 0.1) is 5.92 Å². The fraction of sp³-hybridized carbons (Fsp3) is 0.909. The summed E-state index contributed by atoms with van der Waals surface area (Å²) in [5.41, 5.74) is 0. The molecule has 0 spiro atoms. The van der Waals surface area contributed by atoms with Crippen LogP contribution in [-0.4, -0.2) is 66.7 Å². The Kier molecular flexibility index (Phi) is 3.93. The summed E-state index contributed by atoms with van der Waals surface area (Å²) in [6.45, 7) is 4.53. The Morgan fingerprint density at radius 1 is 1.28 bits per heavy atom. The zero-order chi connectivity index (χ0) is 13.3. The molecule has 1 aliphatic heterocycles. The molecule has 1 N–H and O–H groups in total. The normalized spacial score (nSPS) is 24.9. The number of rotatable bonds is 5. The fourth-order valence-corrected chi connectivity index (χ4v) is 3.56. The lowest BCUT2D eigenvalue weighted by Crippen LogP contribution is -2.52. The molecule has 0 aromatic rings. The lowest BCUT2D eigenvalue weighted by molar-refractivity contribution is -0.136. The molecule has 6 nitrogen and oxygen atoms in total. The van der Waals surface area contributed by atoms with E-state index in [1.807, 2.05) is 0 Å². The van der Waals surface area contributed by atoms with E-state index < -0.39 is 21.2 Å². The highest BCUT2D eigenvalue weighted by atomic mass is 32.2. The maximum Gasteiger partial charge on any atom is 0.323 e. The number of carbonyl (C=O) groups is 1. The number of aliphatic carboxylic acids is 1. The predicted octanol–water partition coefficient (Wildman–Crippen LogP) is -0.183. The molecule has 0 amide bonds. The minimum absolute atomic E-state index is 0.409. The zero-order valence-electron chi connectivity index (χ0n) is 10.6. The highest BCUT2D eigenvalue weighted by Gasteiger charge is 2.36. The highest BCUT2D eigenvalue weighted by molar-refractivity contribution is 7.90. The van der Waals surface area contributed by atoms with Gasteiger partial charge in [-0.05, 0) is 25.7 Å². The van der Waals surface area contributed by atoms with Crippen LogP contribution < -0.4 is 0 Å². The van der Waals surface area contributed by atoms with Gasteiger partial charge in [-0.2, -0.15) is 4.31 Å². The van der Waals surface area contributed by atoms with Crippen molar-refractivity contribution in [1.82, 2.24) is 9.21 Å². The summed E-state index contributed by atoms with van der Waals surface area (Å²) in [5, 5.41) is 7.46. The predicted molar refractivity (Wildman–Crippen MR) is 66.8 cm³/mol. The Morgan fingerprint density at radius 2 is 1.83 bits per heavy atom. The summed E-state index contributed by atoms with van der Waals surface area (Å²) in [7, 11) is -3.69. The van der Waals surface area contributed by atoms with Gasteiger partial charge in [-0.1, -0.05) is 0 Å². The lowest BCUT2D eigenvalue weighted by Gasteiger charge is -2.34. The van der Waals surface area contributed by atoms with Gasteiger partial charge in [0.25, 0.3) is 0 Å². The highest BCUT2D eigenvalue weighted by Crippen LogP contribution is 2.30. The van der Waals surface area contributed by atoms with Crippen molar-refractivity contribution in [3.8, 4) is 0 Å². The quantitative estimate of drug-likeness (QED) is 0.753. The van der Waals surface area contributed by atoms with Gasteiger partial charge in [-0.25, -0.2) is 8.42 Å². The van der Waals surface area contributed by atoms with Crippen molar-refractivity contribution in [3.05, 3.63) is 0 Å². The number of sulfonamides is 1. The minimum Gasteiger partial charge on any atom is -0.480 e. The average Bonchev–Trinajstić information content (AvgIpc) is 3.12. The standard InChI is InChI=1S/C11H20N2O4S/c1-9(11(14)15)18(16,17)13-6-4-12(5-7-13)8-10-2-3-10/h9-10H,2-8H2,1H3,(H,14,15). The molecule has 7 heteroatoms. The Bertz CT molecular complexity index is 411. The minimum atomic E-state index is -3.69. The smallest absolute Gasteiger partial charge is 0.323 e. The van der Waals surface area contributed by atoms with E-state index in [2.05, 4.69) is 4.90 Å². The third-order valence-corrected chi connectivity index (χ3v) is 5.88. The summed E-state index contributed by atoms with van der Waals surface area (Å²) >= 11 is 0. The van der Waals surface area contributed by atoms with Gasteiger partial charge in [0, 0.05) is 32.7 Å². The fourth-order valence-electron chi connectivity index (χ4n) is 2.18. The molecular formula is C11H20N2O4S. The second-order valence-electron chi connectivity index (χ2n) is 5.17. The first-order valence-corrected chi connectivity index (χ1v) is 7.85. The Labute approximate surface area is 108 Å². The van der Waals surface area contributed by atoms with Crippen LogP contribution in [0.3, 0.4) is 0 Å². The van der Waals surface area contributed by atoms with E-state index in [0.29, 0.717) is 26.2 Å². The second-order valence-corrected chi connectivity index (χ2v) is 7.42. The summed E-state index contributed by atoms with van der Waals surface area (Å²) in [4.78, 5) is 13.1. The van der Waals surface area contributed by atoms with Crippen molar-refractivity contribution in [2.75, 3.05) is 32.7 Å². The molecule has 0 aromatic carbocycles. The number of nitrogens with zero attached hydrogens (tertiary/aromatic N) is 2. The molecule has 1 saturated carbocycles. The van der Waals surface area contributed by atoms with Crippen LogP contribution in [0.2, 0.25) is 0 Å². The maximum atomic E-state index is 12.0. The van der Waals surface area contributed by atoms with Crippen molar-refractivity contribution >= 4 is 16.0 Å². The molecule has 1 atom stereocenters. The third-order valence-electron chi connectivity index (χ3n) is 3.70. The van der Waals surface area contributed by atoms with Crippen LogP contribution in [0.4, 0.5) is 0 Å². The average molecular weight is 276 g/mol. The van der Waals surface area contributed by atoms with Crippen molar-refractivity contribution in [2.24, 2.45) is 5.92 Å². The van der Waals surface area contributed by atoms with E-state index >= 15 is 0 Å². The number of hydrogen-bond donors (Lipinski definition) is 1. The van der Waals surface area contributed by atoms with E-state index in [-0.39, 0.29) is 0 Å². The molecule has 2 rings (SSSR count). The summed E-state index contributed by atoms with van der Waals surface area (Å²) in [6.07, 6.45) is 2.57. The number of carboxylic acids is 1. The van der Waals surface area contributed by atoms with Gasteiger partial charge in [-0.3, -0.25) is 4.79 Å². The first kappa shape index (κ1) is 13.8. The van der Waals surface area contributed by atoms with E-state index in [1.54, 1.807) is 0 Å². The molecule has 104 valence electrons. The van der Waals surface area contributed by atoms with Crippen molar-refractivity contribution < 1.29 is 18.3 Å². The molecule has 0 aromatic heterocycles. The molecule has 1 saturated heterocycles. The molecule has 1 aliphatic carbocycles.